The van der Waals surface area contributed by atoms with E-state index in [0.29, 0.717) is 17.5 Å². The molecular weight excluding hydrogens is 825 g/mol. The summed E-state index contributed by atoms with van der Waals surface area (Å²) in [4.78, 5) is 15.6. The first-order valence-electron chi connectivity index (χ1n) is 23.3. The molecule has 3 heterocycles. The highest BCUT2D eigenvalue weighted by Gasteiger charge is 2.51. The number of aromatic nitrogens is 4. The van der Waals surface area contributed by atoms with Crippen LogP contribution >= 0.6 is 0 Å². The molecule has 4 nitrogen and oxygen atoms in total. The van der Waals surface area contributed by atoms with E-state index in [-0.39, 0.29) is 0 Å². The Morgan fingerprint density at radius 2 is 0.750 bits per heavy atom. The van der Waals surface area contributed by atoms with Crippen molar-refractivity contribution in [2.45, 2.75) is 5.41 Å². The van der Waals surface area contributed by atoms with Crippen molar-refractivity contribution in [3.8, 4) is 84.4 Å². The van der Waals surface area contributed by atoms with Gasteiger partial charge in [-0.2, -0.15) is 0 Å². The van der Waals surface area contributed by atoms with Gasteiger partial charge in [-0.25, -0.2) is 15.0 Å². The van der Waals surface area contributed by atoms with Gasteiger partial charge in [0.05, 0.1) is 22.1 Å². The van der Waals surface area contributed by atoms with E-state index < -0.39 is 5.41 Å². The van der Waals surface area contributed by atoms with Crippen molar-refractivity contribution in [2.75, 3.05) is 0 Å². The number of hydrogen-bond acceptors (Lipinski definition) is 3. The first-order chi connectivity index (χ1) is 33.7. The maximum Gasteiger partial charge on any atom is 0.164 e. The second kappa shape index (κ2) is 15.0. The van der Waals surface area contributed by atoms with Crippen LogP contribution in [0.2, 0.25) is 0 Å². The molecule has 14 rings (SSSR count). The zero-order valence-electron chi connectivity index (χ0n) is 36.9. The second-order valence-corrected chi connectivity index (χ2v) is 17.9. The lowest BCUT2D eigenvalue weighted by atomic mass is 9.65. The lowest BCUT2D eigenvalue weighted by Crippen LogP contribution is -2.33. The predicted octanol–water partition coefficient (Wildman–Crippen LogP) is 15.6. The number of nitrogens with zero attached hydrogens (tertiary/aromatic N) is 4. The quantitative estimate of drug-likeness (QED) is 0.167. The first-order valence-corrected chi connectivity index (χ1v) is 23.3. The lowest BCUT2D eigenvalue weighted by molar-refractivity contribution is 0.748. The summed E-state index contributed by atoms with van der Waals surface area (Å²) in [6, 6.07) is 87.5. The SMILES string of the molecule is c1ccc(-c2ccc(-c3nc(-c4ccc(-c5ccccc5)cc4)nc(-c4cccc(-c5cccc6c5-c5ccccc5C65c6ccccc6-n6c7ccccc7c7cccc5c76)c4)n3)cc2)cc1. The summed E-state index contributed by atoms with van der Waals surface area (Å²) < 4.78 is 2.50. The van der Waals surface area contributed by atoms with Gasteiger partial charge in [0.25, 0.3) is 0 Å². The summed E-state index contributed by atoms with van der Waals surface area (Å²) in [5, 5.41) is 2.54. The van der Waals surface area contributed by atoms with Gasteiger partial charge in [-0.15, -0.1) is 0 Å². The van der Waals surface area contributed by atoms with E-state index in [1.165, 1.54) is 77.6 Å². The van der Waals surface area contributed by atoms with E-state index in [9.17, 15) is 0 Å². The number of rotatable bonds is 6. The zero-order valence-corrected chi connectivity index (χ0v) is 36.9. The highest BCUT2D eigenvalue weighted by atomic mass is 15.0. The first kappa shape index (κ1) is 38.3. The smallest absolute Gasteiger partial charge is 0.164 e. The van der Waals surface area contributed by atoms with Crippen molar-refractivity contribution >= 4 is 21.8 Å². The van der Waals surface area contributed by atoms with Crippen LogP contribution in [0.15, 0.2) is 243 Å². The van der Waals surface area contributed by atoms with Crippen LogP contribution in [0.25, 0.3) is 106 Å². The molecule has 0 saturated heterocycles. The van der Waals surface area contributed by atoms with Crippen LogP contribution in [0.1, 0.15) is 22.3 Å². The van der Waals surface area contributed by atoms with Crippen molar-refractivity contribution in [3.63, 3.8) is 0 Å². The third kappa shape index (κ3) is 5.64. The van der Waals surface area contributed by atoms with Gasteiger partial charge < -0.3 is 4.57 Å². The summed E-state index contributed by atoms with van der Waals surface area (Å²) in [5.74, 6) is 1.87. The molecule has 0 N–H and O–H groups in total. The molecule has 0 radical (unpaired) electrons. The molecule has 2 aromatic heterocycles. The van der Waals surface area contributed by atoms with Crippen LogP contribution in [0.4, 0.5) is 0 Å². The van der Waals surface area contributed by atoms with Gasteiger partial charge in [0.2, 0.25) is 0 Å². The molecule has 0 saturated carbocycles. The van der Waals surface area contributed by atoms with Crippen molar-refractivity contribution in [3.05, 3.63) is 265 Å². The molecule has 0 bridgehead atoms. The zero-order chi connectivity index (χ0) is 44.8. The maximum absolute atomic E-state index is 5.24. The van der Waals surface area contributed by atoms with Crippen LogP contribution in [0.5, 0.6) is 0 Å². The molecule has 1 spiro atoms. The minimum Gasteiger partial charge on any atom is -0.309 e. The fourth-order valence-corrected chi connectivity index (χ4v) is 11.3. The van der Waals surface area contributed by atoms with Gasteiger partial charge >= 0.3 is 0 Å². The van der Waals surface area contributed by atoms with E-state index in [0.717, 1.165) is 33.4 Å². The average molecular weight is 865 g/mol. The van der Waals surface area contributed by atoms with Crippen molar-refractivity contribution in [2.24, 2.45) is 0 Å². The van der Waals surface area contributed by atoms with E-state index in [1.807, 2.05) is 12.1 Å². The third-order valence-electron chi connectivity index (χ3n) is 14.3. The highest BCUT2D eigenvalue weighted by Crippen LogP contribution is 2.62. The van der Waals surface area contributed by atoms with E-state index in [4.69, 9.17) is 15.0 Å². The minimum atomic E-state index is -0.538. The Morgan fingerprint density at radius 1 is 0.294 bits per heavy atom. The largest absolute Gasteiger partial charge is 0.309 e. The third-order valence-corrected chi connectivity index (χ3v) is 14.3. The van der Waals surface area contributed by atoms with Gasteiger partial charge in [-0.1, -0.05) is 224 Å². The molecule has 1 unspecified atom stereocenters. The molecule has 1 atom stereocenters. The molecule has 68 heavy (non-hydrogen) atoms. The lowest BCUT2D eigenvalue weighted by Gasteiger charge is -2.39. The standard InChI is InChI=1S/C64H40N4/c1-3-16-41(17-4-1)43-32-36-45(37-33-43)61-65-62(46-38-34-44(35-39-46)42-18-5-2-6-19-42)67-63(66-61)48-21-13-20-47(40-48)49-24-14-28-55-59(49)52-23-7-9-26-53(52)64(55)54-27-10-12-31-58(54)68-57-30-11-8-22-50(57)51-25-15-29-56(64)60(51)68/h1-40H. The molecule has 12 aromatic rings. The van der Waals surface area contributed by atoms with Gasteiger partial charge in [-0.3, -0.25) is 0 Å². The fraction of sp³-hybridized carbons (Fsp3) is 0.0156. The summed E-state index contributed by atoms with van der Waals surface area (Å²) in [6.07, 6.45) is 0. The fourth-order valence-electron chi connectivity index (χ4n) is 11.3. The number of benzene rings is 10. The van der Waals surface area contributed by atoms with Gasteiger partial charge in [0, 0.05) is 27.5 Å². The van der Waals surface area contributed by atoms with Crippen LogP contribution in [-0.2, 0) is 5.41 Å². The Kier molecular flexibility index (Phi) is 8.46. The number of fused-ring (bicyclic) bond motifs is 12. The van der Waals surface area contributed by atoms with Gasteiger partial charge in [0.1, 0.15) is 0 Å². The monoisotopic (exact) mass is 864 g/mol. The molecule has 1 aliphatic carbocycles. The molecule has 2 aliphatic rings. The molecular formula is C64H40N4. The van der Waals surface area contributed by atoms with E-state index in [1.54, 1.807) is 0 Å². The normalized spacial score (nSPS) is 14.2. The predicted molar refractivity (Wildman–Crippen MR) is 278 cm³/mol. The molecule has 0 fully saturated rings. The molecule has 10 aromatic carbocycles. The Morgan fingerprint density at radius 3 is 1.46 bits per heavy atom. The van der Waals surface area contributed by atoms with Crippen molar-refractivity contribution in [1.82, 2.24) is 19.5 Å². The Balaban J connectivity index is 0.943. The van der Waals surface area contributed by atoms with Gasteiger partial charge in [0.15, 0.2) is 17.5 Å². The van der Waals surface area contributed by atoms with Crippen molar-refractivity contribution < 1.29 is 0 Å². The van der Waals surface area contributed by atoms with E-state index >= 15 is 0 Å². The van der Waals surface area contributed by atoms with Crippen molar-refractivity contribution in [1.29, 1.82) is 0 Å². The minimum absolute atomic E-state index is 0.538. The topological polar surface area (TPSA) is 43.6 Å². The van der Waals surface area contributed by atoms with Crippen LogP contribution in [0.3, 0.4) is 0 Å². The molecule has 1 aliphatic heterocycles. The van der Waals surface area contributed by atoms with Crippen LogP contribution < -0.4 is 0 Å². The summed E-state index contributed by atoms with van der Waals surface area (Å²) in [6.45, 7) is 0. The molecule has 0 amide bonds. The Hall–Kier alpha value is -8.99. The second-order valence-electron chi connectivity index (χ2n) is 17.9. The Bertz CT molecular complexity index is 3850. The summed E-state index contributed by atoms with van der Waals surface area (Å²) in [7, 11) is 0. The molecule has 4 heteroatoms. The summed E-state index contributed by atoms with van der Waals surface area (Å²) >= 11 is 0. The molecule has 316 valence electrons. The summed E-state index contributed by atoms with van der Waals surface area (Å²) in [5.41, 5.74) is 20.6. The number of para-hydroxylation sites is 3. The highest BCUT2D eigenvalue weighted by molar-refractivity contribution is 6.13. The average Bonchev–Trinajstić information content (AvgIpc) is 3.92. The Labute approximate surface area is 394 Å². The van der Waals surface area contributed by atoms with Crippen LogP contribution in [0, 0.1) is 0 Å². The van der Waals surface area contributed by atoms with E-state index in [2.05, 4.69) is 235 Å². The van der Waals surface area contributed by atoms with Crippen LogP contribution in [-0.4, -0.2) is 19.5 Å². The van der Waals surface area contributed by atoms with Gasteiger partial charge in [-0.05, 0) is 85.0 Å². The maximum atomic E-state index is 5.24. The number of hydrogen-bond donors (Lipinski definition) is 0.